The maximum atomic E-state index is 11.6. The van der Waals surface area contributed by atoms with Gasteiger partial charge in [-0.2, -0.15) is 0 Å². The van der Waals surface area contributed by atoms with Gasteiger partial charge in [0.25, 0.3) is 5.91 Å². The maximum absolute atomic E-state index is 11.6. The molecule has 7 nitrogen and oxygen atoms in total. The number of rotatable bonds is 2. The van der Waals surface area contributed by atoms with Gasteiger partial charge < -0.3 is 20.9 Å². The first-order valence-corrected chi connectivity index (χ1v) is 4.94. The van der Waals surface area contributed by atoms with Gasteiger partial charge in [0, 0.05) is 0 Å². The molecule has 1 atom stereocenters. The summed E-state index contributed by atoms with van der Waals surface area (Å²) in [7, 11) is 0. The molecule has 1 amide bonds. The number of carbonyl (C=O) groups is 1. The minimum atomic E-state index is -0.770. The quantitative estimate of drug-likeness (QED) is 0.351. The van der Waals surface area contributed by atoms with E-state index >= 15 is 0 Å². The smallest absolute Gasteiger partial charge is 0.284 e. The molecule has 1 aliphatic rings. The van der Waals surface area contributed by atoms with Crippen LogP contribution in [0.15, 0.2) is 29.4 Å². The van der Waals surface area contributed by atoms with Gasteiger partial charge in [-0.3, -0.25) is 4.79 Å². The van der Waals surface area contributed by atoms with Crippen molar-refractivity contribution in [1.29, 1.82) is 0 Å². The van der Waals surface area contributed by atoms with Gasteiger partial charge in [0.2, 0.25) is 12.1 Å². The van der Waals surface area contributed by atoms with E-state index in [1.165, 1.54) is 0 Å². The lowest BCUT2D eigenvalue weighted by Gasteiger charge is -2.24. The Morgan fingerprint density at radius 1 is 1.35 bits per heavy atom. The fourth-order valence-corrected chi connectivity index (χ4v) is 1.34. The summed E-state index contributed by atoms with van der Waals surface area (Å²) >= 11 is 0. The predicted octanol–water partition coefficient (Wildman–Crippen LogP) is -0.869. The fourth-order valence-electron chi connectivity index (χ4n) is 1.34. The van der Waals surface area contributed by atoms with Crippen LogP contribution in [0.4, 0.5) is 0 Å². The summed E-state index contributed by atoms with van der Waals surface area (Å²) in [5.74, 6) is 0.436. The third-order valence-electron chi connectivity index (χ3n) is 2.10. The fraction of sp³-hybridized carbons (Fsp3) is 0.200. The van der Waals surface area contributed by atoms with Crippen molar-refractivity contribution in [2.45, 2.75) is 6.10 Å². The van der Waals surface area contributed by atoms with E-state index in [1.54, 1.807) is 18.2 Å². The molecule has 1 aliphatic heterocycles. The topological polar surface area (TPSA) is 112 Å². The Kier molecular flexibility index (Phi) is 2.99. The predicted molar refractivity (Wildman–Crippen MR) is 60.3 cm³/mol. The first-order valence-electron chi connectivity index (χ1n) is 4.94. The molecule has 0 saturated heterocycles. The summed E-state index contributed by atoms with van der Waals surface area (Å²) < 4.78 is 10.8. The van der Waals surface area contributed by atoms with Crippen LogP contribution in [0.5, 0.6) is 11.5 Å². The number of guanidine groups is 1. The molecule has 0 fully saturated rings. The van der Waals surface area contributed by atoms with Gasteiger partial charge in [-0.25, -0.2) is 5.43 Å². The number of amides is 1. The average Bonchev–Trinajstić information content (AvgIpc) is 2.35. The molecule has 0 aromatic heterocycles. The number of nitrogens with two attached hydrogens (primary N) is 2. The van der Waals surface area contributed by atoms with Crippen LogP contribution in [0.2, 0.25) is 0 Å². The highest BCUT2D eigenvalue weighted by Crippen LogP contribution is 2.30. The molecule has 0 radical (unpaired) electrons. The number of hydrogen-bond acceptors (Lipinski definition) is 4. The Balaban J connectivity index is 2.02. The van der Waals surface area contributed by atoms with Crippen LogP contribution in [-0.2, 0) is 4.79 Å². The zero-order valence-electron chi connectivity index (χ0n) is 8.92. The van der Waals surface area contributed by atoms with Crippen LogP contribution >= 0.6 is 0 Å². The third kappa shape index (κ3) is 2.57. The Morgan fingerprint density at radius 2 is 2.06 bits per heavy atom. The second kappa shape index (κ2) is 4.60. The minimum Gasteiger partial charge on any atom is -0.485 e. The molecule has 2 rings (SSSR count). The number of hydrogen-bond donors (Lipinski definition) is 3. The number of nitrogens with one attached hydrogen (secondary N) is 1. The first kappa shape index (κ1) is 11.1. The van der Waals surface area contributed by atoms with Crippen molar-refractivity contribution in [1.82, 2.24) is 5.43 Å². The van der Waals surface area contributed by atoms with Crippen molar-refractivity contribution in [3.63, 3.8) is 0 Å². The number of nitrogens with zero attached hydrogens (tertiary/aromatic N) is 1. The van der Waals surface area contributed by atoms with Gasteiger partial charge in [-0.1, -0.05) is 12.1 Å². The Labute approximate surface area is 97.4 Å². The van der Waals surface area contributed by atoms with E-state index in [1.807, 2.05) is 6.07 Å². The Morgan fingerprint density at radius 3 is 2.76 bits per heavy atom. The summed E-state index contributed by atoms with van der Waals surface area (Å²) in [5, 5.41) is 3.39. The molecular weight excluding hydrogens is 224 g/mol. The van der Waals surface area contributed by atoms with Crippen molar-refractivity contribution in [3.8, 4) is 11.5 Å². The van der Waals surface area contributed by atoms with E-state index < -0.39 is 12.0 Å². The highest BCUT2D eigenvalue weighted by atomic mass is 16.6. The van der Waals surface area contributed by atoms with Crippen LogP contribution < -0.4 is 26.4 Å². The lowest BCUT2D eigenvalue weighted by molar-refractivity contribution is -0.130. The number of ether oxygens (including phenoxy) is 2. The van der Waals surface area contributed by atoms with Gasteiger partial charge in [0.1, 0.15) is 6.61 Å². The molecule has 0 saturated carbocycles. The summed E-state index contributed by atoms with van der Waals surface area (Å²) in [6.45, 7) is 0.114. The number of hydrazone groups is 1. The highest BCUT2D eigenvalue weighted by Gasteiger charge is 2.27. The summed E-state index contributed by atoms with van der Waals surface area (Å²) in [5.41, 5.74) is 12.4. The minimum absolute atomic E-state index is 0.114. The third-order valence-corrected chi connectivity index (χ3v) is 2.10. The van der Waals surface area contributed by atoms with Gasteiger partial charge >= 0.3 is 0 Å². The first-order chi connectivity index (χ1) is 8.16. The van der Waals surface area contributed by atoms with Crippen LogP contribution in [0.3, 0.4) is 0 Å². The van der Waals surface area contributed by atoms with Crippen molar-refractivity contribution >= 4 is 11.9 Å². The van der Waals surface area contributed by atoms with Gasteiger partial charge in [-0.05, 0) is 12.1 Å². The van der Waals surface area contributed by atoms with E-state index in [0.29, 0.717) is 11.5 Å². The zero-order chi connectivity index (χ0) is 12.3. The summed E-state index contributed by atoms with van der Waals surface area (Å²) in [4.78, 5) is 11.6. The second-order valence-corrected chi connectivity index (χ2v) is 3.38. The lowest BCUT2D eigenvalue weighted by atomic mass is 10.2. The molecule has 0 spiro atoms. The van der Waals surface area contributed by atoms with Crippen molar-refractivity contribution in [2.75, 3.05) is 6.61 Å². The van der Waals surface area contributed by atoms with Gasteiger partial charge in [0.15, 0.2) is 11.5 Å². The molecule has 90 valence electrons. The average molecular weight is 236 g/mol. The van der Waals surface area contributed by atoms with E-state index in [4.69, 9.17) is 20.9 Å². The summed E-state index contributed by atoms with van der Waals surface area (Å²) in [6.07, 6.45) is -0.770. The summed E-state index contributed by atoms with van der Waals surface area (Å²) in [6, 6.07) is 7.09. The zero-order valence-corrected chi connectivity index (χ0v) is 8.92. The number of carbonyl (C=O) groups excluding carboxylic acids is 1. The van der Waals surface area contributed by atoms with E-state index in [9.17, 15) is 4.79 Å². The molecule has 5 N–H and O–H groups in total. The van der Waals surface area contributed by atoms with Crippen molar-refractivity contribution < 1.29 is 14.3 Å². The SMILES string of the molecule is NC(N)=NNC(=O)[C@@H]1COc2ccccc2O1. The van der Waals surface area contributed by atoms with Crippen LogP contribution in [0, 0.1) is 0 Å². The van der Waals surface area contributed by atoms with Crippen molar-refractivity contribution in [2.24, 2.45) is 16.6 Å². The molecule has 1 aromatic carbocycles. The van der Waals surface area contributed by atoms with Crippen LogP contribution in [0.25, 0.3) is 0 Å². The highest BCUT2D eigenvalue weighted by molar-refractivity contribution is 5.84. The molecule has 1 heterocycles. The van der Waals surface area contributed by atoms with E-state index in [0.717, 1.165) is 0 Å². The second-order valence-electron chi connectivity index (χ2n) is 3.38. The molecule has 17 heavy (non-hydrogen) atoms. The Bertz CT molecular complexity index is 457. The Hall–Kier alpha value is -2.44. The molecule has 1 aromatic rings. The van der Waals surface area contributed by atoms with Crippen LogP contribution in [-0.4, -0.2) is 24.6 Å². The number of para-hydroxylation sites is 2. The molecule has 0 unspecified atom stereocenters. The molecule has 0 aliphatic carbocycles. The monoisotopic (exact) mass is 236 g/mol. The molecule has 0 bridgehead atoms. The normalized spacial score (nSPS) is 17.1. The van der Waals surface area contributed by atoms with Gasteiger partial charge in [-0.15, -0.1) is 5.10 Å². The standard InChI is InChI=1S/C10H12N4O3/c11-10(12)14-13-9(15)8-5-16-6-3-1-2-4-7(6)17-8/h1-4,8H,5H2,(H,13,15)(H4,11,12,14)/t8-/m0/s1. The van der Waals surface area contributed by atoms with E-state index in [-0.39, 0.29) is 12.6 Å². The van der Waals surface area contributed by atoms with E-state index in [2.05, 4.69) is 10.5 Å². The number of fused-ring (bicyclic) bond motifs is 1. The van der Waals surface area contributed by atoms with Gasteiger partial charge in [0.05, 0.1) is 0 Å². The van der Waals surface area contributed by atoms with Crippen molar-refractivity contribution in [3.05, 3.63) is 24.3 Å². The maximum Gasteiger partial charge on any atom is 0.284 e. The number of benzene rings is 1. The van der Waals surface area contributed by atoms with Crippen LogP contribution in [0.1, 0.15) is 0 Å². The molecular formula is C10H12N4O3. The largest absolute Gasteiger partial charge is 0.485 e. The molecule has 7 heteroatoms. The lowest BCUT2D eigenvalue weighted by Crippen LogP contribution is -2.43.